The van der Waals surface area contributed by atoms with Gasteiger partial charge in [0.2, 0.25) is 11.8 Å². The summed E-state index contributed by atoms with van der Waals surface area (Å²) in [4.78, 5) is 36.5. The molecule has 1 N–H and O–H groups in total. The molecule has 2 aliphatic rings. The second-order valence-electron chi connectivity index (χ2n) is 9.68. The zero-order valence-electron chi connectivity index (χ0n) is 20.8. The number of aromatic nitrogens is 2. The summed E-state index contributed by atoms with van der Waals surface area (Å²) in [5.41, 5.74) is 3.66. The predicted octanol–water partition coefficient (Wildman–Crippen LogP) is 5.28. The van der Waals surface area contributed by atoms with Crippen molar-refractivity contribution in [2.75, 3.05) is 25.2 Å². The normalized spacial score (nSPS) is 16.8. The molecule has 37 heavy (non-hydrogen) atoms. The minimum atomic E-state index is -0.942. The van der Waals surface area contributed by atoms with Crippen molar-refractivity contribution in [3.05, 3.63) is 48.0 Å². The van der Waals surface area contributed by atoms with Crippen molar-refractivity contribution in [2.24, 2.45) is 11.8 Å². The molecule has 0 bridgehead atoms. The van der Waals surface area contributed by atoms with Gasteiger partial charge in [0.25, 0.3) is 0 Å². The Morgan fingerprint density at radius 1 is 1.14 bits per heavy atom. The molecule has 1 atom stereocenters. The van der Waals surface area contributed by atoms with Crippen molar-refractivity contribution in [1.82, 2.24) is 9.97 Å². The first-order valence-electron chi connectivity index (χ1n) is 12.7. The fourth-order valence-electron chi connectivity index (χ4n) is 4.94. The molecule has 0 radical (unpaired) electrons. The van der Waals surface area contributed by atoms with Crippen LogP contribution in [0.15, 0.2) is 48.0 Å². The number of nitrogens with zero attached hydrogens (tertiary/aromatic N) is 3. The number of methoxy groups -OCH3 is 1. The molecule has 9 heteroatoms. The molecule has 0 spiro atoms. The van der Waals surface area contributed by atoms with Gasteiger partial charge in [0, 0.05) is 53.9 Å². The van der Waals surface area contributed by atoms with Gasteiger partial charge >= 0.3 is 5.97 Å². The number of carboxylic acids is 1. The highest BCUT2D eigenvalue weighted by Gasteiger charge is 2.40. The minimum absolute atomic E-state index is 0.0820. The van der Waals surface area contributed by atoms with E-state index in [1.807, 2.05) is 41.8 Å². The lowest BCUT2D eigenvalue weighted by molar-refractivity contribution is -0.141. The van der Waals surface area contributed by atoms with Gasteiger partial charge in [0.15, 0.2) is 5.13 Å². The first-order chi connectivity index (χ1) is 18.0. The number of anilines is 1. The zero-order chi connectivity index (χ0) is 25.8. The van der Waals surface area contributed by atoms with Crippen LogP contribution in [0.1, 0.15) is 38.5 Å². The van der Waals surface area contributed by atoms with Gasteiger partial charge in [-0.3, -0.25) is 14.5 Å². The van der Waals surface area contributed by atoms with Gasteiger partial charge in [-0.2, -0.15) is 0 Å². The summed E-state index contributed by atoms with van der Waals surface area (Å²) in [5, 5.41) is 12.2. The second-order valence-corrected chi connectivity index (χ2v) is 10.5. The largest absolute Gasteiger partial charge is 0.481 e. The molecule has 1 saturated carbocycles. The van der Waals surface area contributed by atoms with Crippen molar-refractivity contribution >= 4 is 28.3 Å². The van der Waals surface area contributed by atoms with Crippen molar-refractivity contribution < 1.29 is 24.2 Å². The van der Waals surface area contributed by atoms with Gasteiger partial charge in [-0.05, 0) is 49.7 Å². The Bertz CT molecular complexity index is 1230. The Morgan fingerprint density at radius 3 is 2.54 bits per heavy atom. The van der Waals surface area contributed by atoms with Crippen LogP contribution in [0.2, 0.25) is 0 Å². The number of rotatable bonds is 10. The molecule has 1 aliphatic carbocycles. The van der Waals surface area contributed by atoms with E-state index in [2.05, 4.69) is 4.98 Å². The van der Waals surface area contributed by atoms with Crippen LogP contribution in [-0.2, 0) is 14.3 Å². The first kappa shape index (κ1) is 25.4. The summed E-state index contributed by atoms with van der Waals surface area (Å²) in [6, 6.07) is 11.9. The molecule has 5 rings (SSSR count). The summed E-state index contributed by atoms with van der Waals surface area (Å²) in [7, 11) is 1.59. The number of thiazole rings is 1. The van der Waals surface area contributed by atoms with E-state index in [1.165, 1.54) is 11.3 Å². The van der Waals surface area contributed by atoms with Crippen molar-refractivity contribution in [3.8, 4) is 28.3 Å². The topological polar surface area (TPSA) is 102 Å². The third kappa shape index (κ3) is 5.99. The molecular formula is C28H31N3O5S. The third-order valence-corrected chi connectivity index (χ3v) is 7.88. The average molecular weight is 522 g/mol. The number of hydrogen-bond acceptors (Lipinski definition) is 7. The highest BCUT2D eigenvalue weighted by atomic mass is 32.1. The van der Waals surface area contributed by atoms with E-state index >= 15 is 0 Å². The maximum absolute atomic E-state index is 13.8. The van der Waals surface area contributed by atoms with Crippen LogP contribution < -0.4 is 9.64 Å². The average Bonchev–Trinajstić information content (AvgIpc) is 3.64. The van der Waals surface area contributed by atoms with Crippen LogP contribution in [0.25, 0.3) is 22.4 Å². The molecule has 3 aromatic rings. The molecule has 8 nitrogen and oxygen atoms in total. The summed E-state index contributed by atoms with van der Waals surface area (Å²) in [5.74, 6) is -0.772. The van der Waals surface area contributed by atoms with Gasteiger partial charge in [0.05, 0.1) is 19.2 Å². The van der Waals surface area contributed by atoms with Gasteiger partial charge < -0.3 is 14.6 Å². The molecule has 1 aromatic carbocycles. The van der Waals surface area contributed by atoms with E-state index < -0.39 is 11.9 Å². The highest BCUT2D eigenvalue weighted by Crippen LogP contribution is 2.40. The second kappa shape index (κ2) is 11.4. The van der Waals surface area contributed by atoms with Crippen LogP contribution in [0.5, 0.6) is 5.88 Å². The van der Waals surface area contributed by atoms with Gasteiger partial charge in [-0.1, -0.05) is 24.3 Å². The Balaban J connectivity index is 1.42. The van der Waals surface area contributed by atoms with E-state index in [9.17, 15) is 14.7 Å². The SMILES string of the molecule is COc1ccc(-c2ccccc2-c2csc(N(C(=O)C(CC(=O)O)CC3CCOCC3)C3CC3)n2)cn1. The lowest BCUT2D eigenvalue weighted by Gasteiger charge is -2.29. The minimum Gasteiger partial charge on any atom is -0.481 e. The molecule has 194 valence electrons. The van der Waals surface area contributed by atoms with Crippen molar-refractivity contribution in [2.45, 2.75) is 44.6 Å². The number of ether oxygens (including phenoxy) is 2. The summed E-state index contributed by atoms with van der Waals surface area (Å²) in [6.45, 7) is 1.34. The Labute approximate surface area is 220 Å². The number of carbonyl (C=O) groups excluding carboxylic acids is 1. The fourth-order valence-corrected chi connectivity index (χ4v) is 5.84. The van der Waals surface area contributed by atoms with Crippen LogP contribution in [0.4, 0.5) is 5.13 Å². The Kier molecular flexibility index (Phi) is 7.81. The molecule has 1 unspecified atom stereocenters. The molecule has 1 saturated heterocycles. The lowest BCUT2D eigenvalue weighted by Crippen LogP contribution is -2.40. The van der Waals surface area contributed by atoms with Crippen LogP contribution in [-0.4, -0.2) is 53.3 Å². The first-order valence-corrected chi connectivity index (χ1v) is 13.6. The number of pyridine rings is 1. The predicted molar refractivity (Wildman–Crippen MR) is 142 cm³/mol. The summed E-state index contributed by atoms with van der Waals surface area (Å²) in [6.07, 6.45) is 5.74. The van der Waals surface area contributed by atoms with Crippen molar-refractivity contribution in [3.63, 3.8) is 0 Å². The monoisotopic (exact) mass is 521 g/mol. The highest BCUT2D eigenvalue weighted by molar-refractivity contribution is 7.14. The van der Waals surface area contributed by atoms with Gasteiger partial charge in [0.1, 0.15) is 0 Å². The van der Waals surface area contributed by atoms with Crippen LogP contribution >= 0.6 is 11.3 Å². The Morgan fingerprint density at radius 2 is 1.89 bits per heavy atom. The smallest absolute Gasteiger partial charge is 0.304 e. The van der Waals surface area contributed by atoms with Crippen LogP contribution in [0.3, 0.4) is 0 Å². The molecule has 2 aromatic heterocycles. The van der Waals surface area contributed by atoms with Gasteiger partial charge in [-0.25, -0.2) is 9.97 Å². The van der Waals surface area contributed by atoms with Crippen LogP contribution in [0, 0.1) is 11.8 Å². The number of aliphatic carboxylic acids is 1. The number of amides is 1. The number of carbonyl (C=O) groups is 2. The standard InChI is InChI=1S/C28H31N3O5S/c1-35-25-9-6-19(16-29-25)22-4-2-3-5-23(22)24-17-37-28(30-24)31(21-7-8-21)27(34)20(15-26(32)33)14-18-10-12-36-13-11-18/h2-6,9,16-18,20-21H,7-8,10-15H2,1H3,(H,32,33). The summed E-state index contributed by atoms with van der Waals surface area (Å²) >= 11 is 1.43. The summed E-state index contributed by atoms with van der Waals surface area (Å²) < 4.78 is 10.6. The molecule has 3 heterocycles. The molecule has 1 amide bonds. The third-order valence-electron chi connectivity index (χ3n) is 7.04. The van der Waals surface area contributed by atoms with Gasteiger partial charge in [-0.15, -0.1) is 11.3 Å². The fraction of sp³-hybridized carbons (Fsp3) is 0.429. The Hall–Kier alpha value is -3.30. The van der Waals surface area contributed by atoms with E-state index in [0.29, 0.717) is 36.6 Å². The maximum atomic E-state index is 13.8. The van der Waals surface area contributed by atoms with E-state index in [1.54, 1.807) is 18.2 Å². The lowest BCUT2D eigenvalue weighted by atomic mass is 9.86. The molecule has 2 fully saturated rings. The van der Waals surface area contributed by atoms with E-state index in [0.717, 1.165) is 48.1 Å². The van der Waals surface area contributed by atoms with Crippen molar-refractivity contribution in [1.29, 1.82) is 0 Å². The number of carboxylic acid groups (broad SMARTS) is 1. The van der Waals surface area contributed by atoms with E-state index in [4.69, 9.17) is 14.5 Å². The molecular weight excluding hydrogens is 490 g/mol. The quantitative estimate of drug-likeness (QED) is 0.387. The van der Waals surface area contributed by atoms with E-state index in [-0.39, 0.29) is 18.4 Å². The number of benzene rings is 1. The maximum Gasteiger partial charge on any atom is 0.304 e. The molecule has 1 aliphatic heterocycles. The zero-order valence-corrected chi connectivity index (χ0v) is 21.7. The number of hydrogen-bond donors (Lipinski definition) is 1.